The summed E-state index contributed by atoms with van der Waals surface area (Å²) < 4.78 is 15.3. The summed E-state index contributed by atoms with van der Waals surface area (Å²) in [7, 11) is 1.51. The number of nitro groups is 1. The van der Waals surface area contributed by atoms with E-state index >= 15 is 0 Å². The van der Waals surface area contributed by atoms with Crippen molar-refractivity contribution in [3.63, 3.8) is 0 Å². The predicted octanol–water partition coefficient (Wildman–Crippen LogP) is 2.16. The number of hydrogen-bond acceptors (Lipinski definition) is 7. The van der Waals surface area contributed by atoms with Crippen LogP contribution >= 0.6 is 0 Å². The summed E-state index contributed by atoms with van der Waals surface area (Å²) in [5, 5.41) is 13.2. The lowest BCUT2D eigenvalue weighted by Crippen LogP contribution is -2.37. The molecule has 1 aromatic carbocycles. The molecule has 1 amide bonds. The average Bonchev–Trinajstić information content (AvgIpc) is 3.12. The highest BCUT2D eigenvalue weighted by Crippen LogP contribution is 2.25. The number of furan rings is 1. The van der Waals surface area contributed by atoms with Crippen molar-refractivity contribution < 1.29 is 28.4 Å². The zero-order valence-corrected chi connectivity index (χ0v) is 14.3. The van der Waals surface area contributed by atoms with Crippen molar-refractivity contribution in [1.82, 2.24) is 5.32 Å². The van der Waals surface area contributed by atoms with Crippen molar-refractivity contribution >= 4 is 17.6 Å². The van der Waals surface area contributed by atoms with Gasteiger partial charge >= 0.3 is 5.97 Å². The van der Waals surface area contributed by atoms with Crippen molar-refractivity contribution in [2.24, 2.45) is 0 Å². The topological polar surface area (TPSA) is 121 Å². The van der Waals surface area contributed by atoms with Gasteiger partial charge in [-0.1, -0.05) is 0 Å². The van der Waals surface area contributed by atoms with Crippen LogP contribution in [0.3, 0.4) is 0 Å². The van der Waals surface area contributed by atoms with Crippen LogP contribution in [-0.2, 0) is 14.3 Å². The third kappa shape index (κ3) is 4.90. The van der Waals surface area contributed by atoms with Crippen molar-refractivity contribution in [2.75, 3.05) is 20.3 Å². The summed E-state index contributed by atoms with van der Waals surface area (Å²) in [5.74, 6) is -0.955. The van der Waals surface area contributed by atoms with Gasteiger partial charge in [0.1, 0.15) is 5.76 Å². The molecule has 0 spiro atoms. The fraction of sp³-hybridized carbons (Fsp3) is 0.294. The Labute approximate surface area is 149 Å². The number of hydrogen-bond donors (Lipinski definition) is 1. The van der Waals surface area contributed by atoms with Crippen LogP contribution in [0.15, 0.2) is 40.8 Å². The molecule has 0 radical (unpaired) electrons. The standard InChI is InChI=1S/C17H18N2O7/c1-11(16(20)18-9-10-24-2)25-17(21)15-8-7-14(26-15)12-3-5-13(6-4-12)19(22)23/h3-8,11H,9-10H2,1-2H3,(H,18,20)/t11-/m0/s1. The van der Waals surface area contributed by atoms with Crippen LogP contribution in [0.1, 0.15) is 17.5 Å². The SMILES string of the molecule is COCCNC(=O)[C@H](C)OC(=O)c1ccc(-c2ccc([N+](=O)[O-])cc2)o1. The molecule has 9 heteroatoms. The Morgan fingerprint density at radius 1 is 1.23 bits per heavy atom. The van der Waals surface area contributed by atoms with Gasteiger partial charge in [-0.25, -0.2) is 4.79 Å². The Kier molecular flexibility index (Phi) is 6.45. The first-order valence-electron chi connectivity index (χ1n) is 7.74. The first kappa shape index (κ1) is 19.1. The van der Waals surface area contributed by atoms with E-state index in [1.807, 2.05) is 0 Å². The van der Waals surface area contributed by atoms with Gasteiger partial charge in [0.05, 0.1) is 11.5 Å². The maximum absolute atomic E-state index is 12.1. The fourth-order valence-electron chi connectivity index (χ4n) is 2.04. The molecule has 0 saturated heterocycles. The second-order valence-electron chi connectivity index (χ2n) is 5.30. The predicted molar refractivity (Wildman–Crippen MR) is 90.6 cm³/mol. The Morgan fingerprint density at radius 2 is 1.92 bits per heavy atom. The first-order valence-corrected chi connectivity index (χ1v) is 7.74. The van der Waals surface area contributed by atoms with E-state index < -0.39 is 22.9 Å². The van der Waals surface area contributed by atoms with Gasteiger partial charge in [-0.2, -0.15) is 0 Å². The van der Waals surface area contributed by atoms with Gasteiger partial charge in [0.25, 0.3) is 11.6 Å². The van der Waals surface area contributed by atoms with Crippen LogP contribution in [0.25, 0.3) is 11.3 Å². The minimum atomic E-state index is -0.993. The van der Waals surface area contributed by atoms with Gasteiger partial charge in [0.15, 0.2) is 6.10 Å². The molecule has 0 fully saturated rings. The molecule has 26 heavy (non-hydrogen) atoms. The Bertz CT molecular complexity index is 783. The lowest BCUT2D eigenvalue weighted by Gasteiger charge is -2.12. The Balaban J connectivity index is 1.98. The van der Waals surface area contributed by atoms with Crippen LogP contribution in [-0.4, -0.2) is 43.2 Å². The highest BCUT2D eigenvalue weighted by atomic mass is 16.6. The van der Waals surface area contributed by atoms with Gasteiger partial charge in [-0.15, -0.1) is 0 Å². The summed E-state index contributed by atoms with van der Waals surface area (Å²) in [6.45, 7) is 2.10. The van der Waals surface area contributed by atoms with Crippen molar-refractivity contribution in [3.05, 3.63) is 52.3 Å². The van der Waals surface area contributed by atoms with Gasteiger partial charge in [0, 0.05) is 31.4 Å². The summed E-state index contributed by atoms with van der Waals surface area (Å²) >= 11 is 0. The lowest BCUT2D eigenvalue weighted by molar-refractivity contribution is -0.384. The number of carbonyl (C=O) groups is 2. The molecular formula is C17H18N2O7. The molecular weight excluding hydrogens is 344 g/mol. The molecule has 2 aromatic rings. The molecule has 0 aliphatic heterocycles. The largest absolute Gasteiger partial charge is 0.449 e. The molecule has 0 aliphatic carbocycles. The molecule has 1 atom stereocenters. The maximum Gasteiger partial charge on any atom is 0.375 e. The number of carbonyl (C=O) groups excluding carboxylic acids is 2. The minimum Gasteiger partial charge on any atom is -0.449 e. The van der Waals surface area contributed by atoms with Crippen LogP contribution in [0, 0.1) is 10.1 Å². The van der Waals surface area contributed by atoms with Gasteiger partial charge in [-0.3, -0.25) is 14.9 Å². The summed E-state index contributed by atoms with van der Waals surface area (Å²) in [6, 6.07) is 8.65. The van der Waals surface area contributed by atoms with Crippen LogP contribution in [0.4, 0.5) is 5.69 Å². The number of rotatable bonds is 8. The van der Waals surface area contributed by atoms with Crippen LogP contribution in [0.5, 0.6) is 0 Å². The van der Waals surface area contributed by atoms with Crippen LogP contribution in [0.2, 0.25) is 0 Å². The highest BCUT2D eigenvalue weighted by molar-refractivity contribution is 5.90. The molecule has 0 aliphatic rings. The highest BCUT2D eigenvalue weighted by Gasteiger charge is 2.21. The summed E-state index contributed by atoms with van der Waals surface area (Å²) in [5.41, 5.74) is 0.522. The number of ether oxygens (including phenoxy) is 2. The van der Waals surface area contributed by atoms with Crippen molar-refractivity contribution in [3.8, 4) is 11.3 Å². The number of nitrogens with zero attached hydrogens (tertiary/aromatic N) is 1. The van der Waals surface area contributed by atoms with Crippen molar-refractivity contribution in [2.45, 2.75) is 13.0 Å². The smallest absolute Gasteiger partial charge is 0.375 e. The number of nitro benzene ring substituents is 1. The molecule has 0 bridgehead atoms. The van der Waals surface area contributed by atoms with Gasteiger partial charge < -0.3 is 19.2 Å². The molecule has 1 heterocycles. The normalized spacial score (nSPS) is 11.6. The number of amides is 1. The maximum atomic E-state index is 12.1. The number of methoxy groups -OCH3 is 1. The van der Waals surface area contributed by atoms with E-state index in [1.54, 1.807) is 6.07 Å². The quantitative estimate of drug-likeness (QED) is 0.330. The van der Waals surface area contributed by atoms with E-state index in [4.69, 9.17) is 13.9 Å². The molecule has 9 nitrogen and oxygen atoms in total. The minimum absolute atomic E-state index is 0.0479. The average molecular weight is 362 g/mol. The molecule has 0 unspecified atom stereocenters. The zero-order chi connectivity index (χ0) is 19.1. The summed E-state index contributed by atoms with van der Waals surface area (Å²) in [6.07, 6.45) is -0.993. The van der Waals surface area contributed by atoms with E-state index in [9.17, 15) is 19.7 Å². The van der Waals surface area contributed by atoms with E-state index in [0.717, 1.165) is 0 Å². The molecule has 1 N–H and O–H groups in total. The molecule has 2 rings (SSSR count). The molecule has 0 saturated carbocycles. The van der Waals surface area contributed by atoms with E-state index in [2.05, 4.69) is 5.32 Å². The van der Waals surface area contributed by atoms with E-state index in [1.165, 1.54) is 44.4 Å². The number of non-ortho nitro benzene ring substituents is 1. The van der Waals surface area contributed by atoms with Gasteiger partial charge in [0.2, 0.25) is 5.76 Å². The molecule has 138 valence electrons. The van der Waals surface area contributed by atoms with Crippen molar-refractivity contribution in [1.29, 1.82) is 0 Å². The third-order valence-electron chi connectivity index (χ3n) is 3.43. The Morgan fingerprint density at radius 3 is 2.54 bits per heavy atom. The molecule has 1 aromatic heterocycles. The van der Waals surface area contributed by atoms with Crippen LogP contribution < -0.4 is 5.32 Å². The first-order chi connectivity index (χ1) is 12.4. The Hall–Kier alpha value is -3.20. The van der Waals surface area contributed by atoms with E-state index in [-0.39, 0.29) is 11.4 Å². The second-order valence-corrected chi connectivity index (χ2v) is 5.30. The second kappa shape index (κ2) is 8.77. The third-order valence-corrected chi connectivity index (χ3v) is 3.43. The fourth-order valence-corrected chi connectivity index (χ4v) is 2.04. The number of nitrogens with one attached hydrogen (secondary N) is 1. The van der Waals surface area contributed by atoms with Gasteiger partial charge in [-0.05, 0) is 31.2 Å². The number of esters is 1. The number of benzene rings is 1. The zero-order valence-electron chi connectivity index (χ0n) is 14.3. The lowest BCUT2D eigenvalue weighted by atomic mass is 10.1. The van der Waals surface area contributed by atoms with E-state index in [0.29, 0.717) is 24.5 Å². The summed E-state index contributed by atoms with van der Waals surface area (Å²) in [4.78, 5) is 34.0. The monoisotopic (exact) mass is 362 g/mol.